The largest absolute Gasteiger partial charge is 0.324 e. The summed E-state index contributed by atoms with van der Waals surface area (Å²) in [5, 5.41) is 0. The van der Waals surface area contributed by atoms with Crippen molar-refractivity contribution in [1.29, 1.82) is 0 Å². The van der Waals surface area contributed by atoms with Gasteiger partial charge in [-0.1, -0.05) is 56.3 Å². The summed E-state index contributed by atoms with van der Waals surface area (Å²) in [5.74, 6) is 0.581. The molecule has 100 valence electrons. The third-order valence-electron chi connectivity index (χ3n) is 3.41. The molecule has 0 aromatic heterocycles. The van der Waals surface area contributed by atoms with Gasteiger partial charge in [-0.2, -0.15) is 0 Å². The quantitative estimate of drug-likeness (QED) is 0.784. The monoisotopic (exact) mass is 365 g/mol. The summed E-state index contributed by atoms with van der Waals surface area (Å²) >= 11 is 2.35. The first-order valence-corrected chi connectivity index (χ1v) is 7.74. The highest BCUT2D eigenvalue weighted by molar-refractivity contribution is 14.1. The lowest BCUT2D eigenvalue weighted by molar-refractivity contribution is 0.717. The highest BCUT2D eigenvalue weighted by Crippen LogP contribution is 2.22. The Morgan fingerprint density at radius 3 is 2.21 bits per heavy atom. The van der Waals surface area contributed by atoms with E-state index in [-0.39, 0.29) is 6.04 Å². The number of rotatable bonds is 4. The van der Waals surface area contributed by atoms with E-state index in [2.05, 4.69) is 85.0 Å². The van der Waals surface area contributed by atoms with Crippen LogP contribution in [0.15, 0.2) is 48.5 Å². The number of halogens is 1. The normalized spacial score (nSPS) is 12.7. The minimum Gasteiger partial charge on any atom is -0.324 e. The molecule has 19 heavy (non-hydrogen) atoms. The molecule has 1 nitrogen and oxygen atoms in total. The highest BCUT2D eigenvalue weighted by atomic mass is 127. The molecule has 2 aromatic carbocycles. The fourth-order valence-corrected chi connectivity index (χ4v) is 2.97. The lowest BCUT2D eigenvalue weighted by Gasteiger charge is -2.14. The van der Waals surface area contributed by atoms with E-state index < -0.39 is 0 Å². The molecule has 0 aliphatic carbocycles. The summed E-state index contributed by atoms with van der Waals surface area (Å²) in [6.07, 6.45) is 0.887. The molecule has 2 N–H and O–H groups in total. The third kappa shape index (κ3) is 3.80. The van der Waals surface area contributed by atoms with Crippen molar-refractivity contribution < 1.29 is 0 Å². The topological polar surface area (TPSA) is 26.0 Å². The Labute approximate surface area is 129 Å². The summed E-state index contributed by atoms with van der Waals surface area (Å²) in [7, 11) is 0. The molecule has 0 aliphatic rings. The standard InChI is InChI=1S/C17H20IN/c1-12(2)14-9-7-13(8-10-14)11-17(19)15-5-3-4-6-16(15)18/h3-10,12,17H,11,19H2,1-2H3. The maximum Gasteiger partial charge on any atom is 0.0346 e. The smallest absolute Gasteiger partial charge is 0.0346 e. The number of benzene rings is 2. The number of hydrogen-bond acceptors (Lipinski definition) is 1. The molecule has 2 rings (SSSR count). The predicted molar refractivity (Wildman–Crippen MR) is 90.3 cm³/mol. The summed E-state index contributed by atoms with van der Waals surface area (Å²) in [5.41, 5.74) is 10.2. The van der Waals surface area contributed by atoms with Crippen LogP contribution in [0.1, 0.15) is 42.5 Å². The average Bonchev–Trinajstić information content (AvgIpc) is 2.39. The molecule has 0 spiro atoms. The molecule has 0 heterocycles. The molecule has 2 heteroatoms. The lowest BCUT2D eigenvalue weighted by Crippen LogP contribution is -2.14. The van der Waals surface area contributed by atoms with Gasteiger partial charge in [0.2, 0.25) is 0 Å². The van der Waals surface area contributed by atoms with Crippen LogP contribution >= 0.6 is 22.6 Å². The van der Waals surface area contributed by atoms with E-state index in [0.29, 0.717) is 5.92 Å². The SMILES string of the molecule is CC(C)c1ccc(CC(N)c2ccccc2I)cc1. The molecule has 0 saturated heterocycles. The molecule has 1 atom stereocenters. The predicted octanol–water partition coefficient (Wildman–Crippen LogP) is 4.66. The molecular weight excluding hydrogens is 345 g/mol. The second kappa shape index (κ2) is 6.53. The zero-order valence-electron chi connectivity index (χ0n) is 11.4. The van der Waals surface area contributed by atoms with Gasteiger partial charge in [-0.15, -0.1) is 0 Å². The first kappa shape index (κ1) is 14.5. The van der Waals surface area contributed by atoms with Crippen LogP contribution in [-0.2, 0) is 6.42 Å². The Hall–Kier alpha value is -0.870. The number of nitrogens with two attached hydrogens (primary N) is 1. The van der Waals surface area contributed by atoms with Gasteiger partial charge in [-0.25, -0.2) is 0 Å². The van der Waals surface area contributed by atoms with Crippen LogP contribution in [0.3, 0.4) is 0 Å². The molecule has 1 unspecified atom stereocenters. The van der Waals surface area contributed by atoms with Gasteiger partial charge in [0.15, 0.2) is 0 Å². The van der Waals surface area contributed by atoms with Gasteiger partial charge in [0, 0.05) is 9.61 Å². The molecule has 0 radical (unpaired) electrons. The van der Waals surface area contributed by atoms with Crippen LogP contribution < -0.4 is 5.73 Å². The van der Waals surface area contributed by atoms with Crippen molar-refractivity contribution in [3.63, 3.8) is 0 Å². The van der Waals surface area contributed by atoms with Crippen LogP contribution in [-0.4, -0.2) is 0 Å². The van der Waals surface area contributed by atoms with Gasteiger partial charge in [0.05, 0.1) is 0 Å². The zero-order chi connectivity index (χ0) is 13.8. The van der Waals surface area contributed by atoms with Crippen molar-refractivity contribution in [2.24, 2.45) is 5.73 Å². The Kier molecular flexibility index (Phi) is 4.99. The first-order valence-electron chi connectivity index (χ1n) is 6.66. The van der Waals surface area contributed by atoms with E-state index in [1.165, 1.54) is 20.3 Å². The van der Waals surface area contributed by atoms with Gasteiger partial charge in [-0.05, 0) is 57.7 Å². The van der Waals surface area contributed by atoms with E-state index in [0.717, 1.165) is 6.42 Å². The minimum absolute atomic E-state index is 0.0676. The molecule has 0 aliphatic heterocycles. The van der Waals surface area contributed by atoms with E-state index in [1.54, 1.807) is 0 Å². The lowest BCUT2D eigenvalue weighted by atomic mass is 9.97. The van der Waals surface area contributed by atoms with Crippen LogP contribution in [0.2, 0.25) is 0 Å². The first-order chi connectivity index (χ1) is 9.08. The van der Waals surface area contributed by atoms with E-state index in [4.69, 9.17) is 5.73 Å². The molecule has 0 saturated carbocycles. The van der Waals surface area contributed by atoms with Crippen molar-refractivity contribution >= 4 is 22.6 Å². The number of hydrogen-bond donors (Lipinski definition) is 1. The average molecular weight is 365 g/mol. The van der Waals surface area contributed by atoms with Crippen LogP contribution in [0.25, 0.3) is 0 Å². The summed E-state index contributed by atoms with van der Waals surface area (Å²) in [6.45, 7) is 4.43. The van der Waals surface area contributed by atoms with Gasteiger partial charge in [0.1, 0.15) is 0 Å². The maximum atomic E-state index is 6.32. The second-order valence-electron chi connectivity index (χ2n) is 5.23. The van der Waals surface area contributed by atoms with Crippen molar-refractivity contribution in [2.45, 2.75) is 32.2 Å². The molecule has 2 aromatic rings. The Bertz CT molecular complexity index is 531. The minimum atomic E-state index is 0.0676. The molecular formula is C17H20IN. The summed E-state index contributed by atoms with van der Waals surface area (Å²) in [4.78, 5) is 0. The van der Waals surface area contributed by atoms with Crippen molar-refractivity contribution in [2.75, 3.05) is 0 Å². The van der Waals surface area contributed by atoms with Gasteiger partial charge < -0.3 is 5.73 Å². The van der Waals surface area contributed by atoms with Gasteiger partial charge in [0.25, 0.3) is 0 Å². The second-order valence-corrected chi connectivity index (χ2v) is 6.39. The highest BCUT2D eigenvalue weighted by Gasteiger charge is 2.10. The summed E-state index contributed by atoms with van der Waals surface area (Å²) < 4.78 is 1.24. The third-order valence-corrected chi connectivity index (χ3v) is 4.39. The van der Waals surface area contributed by atoms with Crippen LogP contribution in [0.4, 0.5) is 0 Å². The Balaban J connectivity index is 2.11. The van der Waals surface area contributed by atoms with E-state index >= 15 is 0 Å². The van der Waals surface area contributed by atoms with E-state index in [1.807, 2.05) is 0 Å². The zero-order valence-corrected chi connectivity index (χ0v) is 13.6. The van der Waals surface area contributed by atoms with Crippen molar-refractivity contribution in [3.05, 3.63) is 68.8 Å². The molecule has 0 amide bonds. The molecule has 0 fully saturated rings. The van der Waals surface area contributed by atoms with Gasteiger partial charge in [-0.3, -0.25) is 0 Å². The van der Waals surface area contributed by atoms with E-state index in [9.17, 15) is 0 Å². The fraction of sp³-hybridized carbons (Fsp3) is 0.294. The van der Waals surface area contributed by atoms with Crippen LogP contribution in [0.5, 0.6) is 0 Å². The van der Waals surface area contributed by atoms with Crippen LogP contribution in [0, 0.1) is 3.57 Å². The van der Waals surface area contributed by atoms with Crippen molar-refractivity contribution in [3.8, 4) is 0 Å². The summed E-state index contributed by atoms with van der Waals surface area (Å²) in [6, 6.07) is 17.2. The Morgan fingerprint density at radius 1 is 1.00 bits per heavy atom. The Morgan fingerprint density at radius 2 is 1.63 bits per heavy atom. The maximum absolute atomic E-state index is 6.32. The van der Waals surface area contributed by atoms with Crippen molar-refractivity contribution in [1.82, 2.24) is 0 Å². The fourth-order valence-electron chi connectivity index (χ4n) is 2.18. The molecule has 0 bridgehead atoms. The van der Waals surface area contributed by atoms with Gasteiger partial charge >= 0.3 is 0 Å².